The van der Waals surface area contributed by atoms with Crippen LogP contribution in [-0.2, 0) is 0 Å². The van der Waals surface area contributed by atoms with Crippen molar-refractivity contribution in [1.82, 2.24) is 9.88 Å². The van der Waals surface area contributed by atoms with Crippen molar-refractivity contribution in [2.45, 2.75) is 0 Å². The Kier molecular flexibility index (Phi) is 4.82. The van der Waals surface area contributed by atoms with E-state index in [9.17, 15) is 9.18 Å². The zero-order valence-electron chi connectivity index (χ0n) is 12.2. The maximum absolute atomic E-state index is 13.1. The Balaban J connectivity index is 1.68. The quantitative estimate of drug-likeness (QED) is 0.725. The molecule has 0 spiro atoms. The van der Waals surface area contributed by atoms with Crippen molar-refractivity contribution in [3.05, 3.63) is 57.4 Å². The molecule has 0 saturated carbocycles. The van der Waals surface area contributed by atoms with Crippen LogP contribution in [0.2, 0.25) is 5.15 Å². The highest BCUT2D eigenvalue weighted by Gasteiger charge is 2.24. The summed E-state index contributed by atoms with van der Waals surface area (Å²) in [5.74, 6) is 0.341. The minimum Gasteiger partial charge on any atom is -0.353 e. The number of hydrogen-bond acceptors (Lipinski definition) is 3. The molecule has 0 aliphatic carbocycles. The molecule has 1 fully saturated rings. The summed E-state index contributed by atoms with van der Waals surface area (Å²) >= 11 is 9.16. The Hall–Kier alpha value is -1.66. The van der Waals surface area contributed by atoms with Crippen molar-refractivity contribution >= 4 is 39.3 Å². The summed E-state index contributed by atoms with van der Waals surface area (Å²) in [6, 6.07) is 9.60. The van der Waals surface area contributed by atoms with Crippen LogP contribution in [0.15, 0.2) is 40.9 Å². The number of carbonyl (C=O) groups excluding carboxylic acids is 1. The van der Waals surface area contributed by atoms with Crippen LogP contribution < -0.4 is 4.90 Å². The first-order chi connectivity index (χ1) is 11.0. The van der Waals surface area contributed by atoms with Crippen LogP contribution in [-0.4, -0.2) is 42.0 Å². The maximum atomic E-state index is 13.1. The molecule has 1 saturated heterocycles. The van der Waals surface area contributed by atoms with Crippen molar-refractivity contribution in [3.63, 3.8) is 0 Å². The van der Waals surface area contributed by atoms with E-state index in [0.29, 0.717) is 41.4 Å². The summed E-state index contributed by atoms with van der Waals surface area (Å²) in [6.07, 6.45) is 0. The van der Waals surface area contributed by atoms with Crippen LogP contribution in [0, 0.1) is 5.82 Å². The third-order valence-electron chi connectivity index (χ3n) is 3.75. The van der Waals surface area contributed by atoms with Crippen LogP contribution >= 0.6 is 27.5 Å². The van der Waals surface area contributed by atoms with Crippen LogP contribution in [0.3, 0.4) is 0 Å². The van der Waals surface area contributed by atoms with E-state index < -0.39 is 0 Å². The molecule has 0 bridgehead atoms. The van der Waals surface area contributed by atoms with E-state index in [1.807, 2.05) is 12.1 Å². The Morgan fingerprint density at radius 3 is 2.57 bits per heavy atom. The summed E-state index contributed by atoms with van der Waals surface area (Å²) in [6.45, 7) is 2.52. The highest BCUT2D eigenvalue weighted by molar-refractivity contribution is 9.10. The molecule has 4 nitrogen and oxygen atoms in total. The van der Waals surface area contributed by atoms with Gasteiger partial charge >= 0.3 is 0 Å². The molecule has 1 aromatic carbocycles. The molecule has 3 rings (SSSR count). The predicted octanol–water partition coefficient (Wildman–Crippen LogP) is 3.60. The van der Waals surface area contributed by atoms with Gasteiger partial charge < -0.3 is 9.80 Å². The fraction of sp³-hybridized carbons (Fsp3) is 0.250. The van der Waals surface area contributed by atoms with Gasteiger partial charge in [-0.05, 0) is 46.3 Å². The Morgan fingerprint density at radius 2 is 1.91 bits per heavy atom. The fourth-order valence-electron chi connectivity index (χ4n) is 2.55. The van der Waals surface area contributed by atoms with Gasteiger partial charge in [-0.25, -0.2) is 9.37 Å². The minimum absolute atomic E-state index is 0.101. The Morgan fingerprint density at radius 1 is 1.17 bits per heavy atom. The number of benzene rings is 1. The average molecular weight is 399 g/mol. The predicted molar refractivity (Wildman–Crippen MR) is 91.5 cm³/mol. The topological polar surface area (TPSA) is 36.4 Å². The van der Waals surface area contributed by atoms with E-state index in [2.05, 4.69) is 25.8 Å². The molecule has 2 aromatic rings. The average Bonchev–Trinajstić information content (AvgIpc) is 2.54. The number of anilines is 1. The third-order valence-corrected chi connectivity index (χ3v) is 4.62. The van der Waals surface area contributed by atoms with Gasteiger partial charge in [0.1, 0.15) is 16.8 Å². The number of halogens is 3. The fourth-order valence-corrected chi connectivity index (χ4v) is 3.23. The molecule has 1 aromatic heterocycles. The molecule has 1 aliphatic rings. The van der Waals surface area contributed by atoms with E-state index in [0.717, 1.165) is 5.82 Å². The number of hydrogen-bond donors (Lipinski definition) is 0. The van der Waals surface area contributed by atoms with Gasteiger partial charge in [0.25, 0.3) is 5.91 Å². The molecule has 7 heteroatoms. The van der Waals surface area contributed by atoms with Crippen LogP contribution in [0.5, 0.6) is 0 Å². The monoisotopic (exact) mass is 397 g/mol. The molecule has 2 heterocycles. The van der Waals surface area contributed by atoms with Gasteiger partial charge in [-0.15, -0.1) is 0 Å². The SMILES string of the molecule is O=C(c1ccc(F)cc1Br)N1CCN(c2cccc(Cl)n2)CC1. The summed E-state index contributed by atoms with van der Waals surface area (Å²) < 4.78 is 13.6. The summed E-state index contributed by atoms with van der Waals surface area (Å²) in [7, 11) is 0. The van der Waals surface area contributed by atoms with Crippen LogP contribution in [0.4, 0.5) is 10.2 Å². The van der Waals surface area contributed by atoms with Crippen molar-refractivity contribution < 1.29 is 9.18 Å². The first kappa shape index (κ1) is 16.2. The third kappa shape index (κ3) is 3.64. The van der Waals surface area contributed by atoms with E-state index in [1.165, 1.54) is 18.2 Å². The lowest BCUT2D eigenvalue weighted by Gasteiger charge is -2.35. The van der Waals surface area contributed by atoms with Crippen molar-refractivity contribution in [2.75, 3.05) is 31.1 Å². The second kappa shape index (κ2) is 6.84. The molecule has 0 radical (unpaired) electrons. The minimum atomic E-state index is -0.370. The zero-order chi connectivity index (χ0) is 16.4. The number of aromatic nitrogens is 1. The molecule has 120 valence electrons. The first-order valence-corrected chi connectivity index (χ1v) is 8.33. The molecule has 23 heavy (non-hydrogen) atoms. The molecule has 0 N–H and O–H groups in total. The van der Waals surface area contributed by atoms with Crippen LogP contribution in [0.1, 0.15) is 10.4 Å². The number of piperazine rings is 1. The first-order valence-electron chi connectivity index (χ1n) is 7.16. The van der Waals surface area contributed by atoms with E-state index in [-0.39, 0.29) is 11.7 Å². The second-order valence-corrected chi connectivity index (χ2v) is 6.46. The van der Waals surface area contributed by atoms with Gasteiger partial charge in [-0.1, -0.05) is 17.7 Å². The number of rotatable bonds is 2. The smallest absolute Gasteiger partial charge is 0.255 e. The van der Waals surface area contributed by atoms with Crippen LogP contribution in [0.25, 0.3) is 0 Å². The normalized spacial score (nSPS) is 14.9. The van der Waals surface area contributed by atoms with E-state index in [4.69, 9.17) is 11.6 Å². The number of amides is 1. The zero-order valence-corrected chi connectivity index (χ0v) is 14.5. The highest BCUT2D eigenvalue weighted by Crippen LogP contribution is 2.22. The van der Waals surface area contributed by atoms with E-state index in [1.54, 1.807) is 11.0 Å². The van der Waals surface area contributed by atoms with Gasteiger partial charge in [-0.3, -0.25) is 4.79 Å². The molecular formula is C16H14BrClFN3O. The van der Waals surface area contributed by atoms with Crippen molar-refractivity contribution in [3.8, 4) is 0 Å². The van der Waals surface area contributed by atoms with Gasteiger partial charge in [0.2, 0.25) is 0 Å². The van der Waals surface area contributed by atoms with Crippen molar-refractivity contribution in [2.24, 2.45) is 0 Å². The summed E-state index contributed by atoms with van der Waals surface area (Å²) in [5, 5.41) is 0.455. The molecular weight excluding hydrogens is 385 g/mol. The maximum Gasteiger partial charge on any atom is 0.255 e. The standard InChI is InChI=1S/C16H14BrClFN3O/c17-13-10-11(19)4-5-12(13)16(23)22-8-6-21(7-9-22)15-3-1-2-14(18)20-15/h1-5,10H,6-9H2. The number of carbonyl (C=O) groups is 1. The number of nitrogens with zero attached hydrogens (tertiary/aromatic N) is 3. The van der Waals surface area contributed by atoms with Gasteiger partial charge in [0.05, 0.1) is 5.56 Å². The lowest BCUT2D eigenvalue weighted by atomic mass is 10.1. The largest absolute Gasteiger partial charge is 0.353 e. The molecule has 0 unspecified atom stereocenters. The lowest BCUT2D eigenvalue weighted by Crippen LogP contribution is -2.49. The second-order valence-electron chi connectivity index (χ2n) is 5.22. The highest BCUT2D eigenvalue weighted by atomic mass is 79.9. The molecule has 0 atom stereocenters. The van der Waals surface area contributed by atoms with E-state index >= 15 is 0 Å². The van der Waals surface area contributed by atoms with Gasteiger partial charge in [-0.2, -0.15) is 0 Å². The van der Waals surface area contributed by atoms with Gasteiger partial charge in [0.15, 0.2) is 0 Å². The Labute approximate surface area is 147 Å². The lowest BCUT2D eigenvalue weighted by molar-refractivity contribution is 0.0745. The Bertz CT molecular complexity index is 735. The summed E-state index contributed by atoms with van der Waals surface area (Å²) in [5.41, 5.74) is 0.473. The molecule has 1 amide bonds. The number of pyridine rings is 1. The van der Waals surface area contributed by atoms with Gasteiger partial charge in [0, 0.05) is 30.7 Å². The van der Waals surface area contributed by atoms with Crippen molar-refractivity contribution in [1.29, 1.82) is 0 Å². The molecule has 1 aliphatic heterocycles. The summed E-state index contributed by atoms with van der Waals surface area (Å²) in [4.78, 5) is 20.7.